The molecule has 1 aromatic heterocycles. The molecule has 0 bridgehead atoms. The number of unbranched alkanes of at least 4 members (excludes halogenated alkanes) is 1. The molecular formula is C21H22N2O3S. The first-order chi connectivity index (χ1) is 13.1. The number of esters is 1. The molecule has 3 aromatic rings. The van der Waals surface area contributed by atoms with E-state index in [1.54, 1.807) is 10.6 Å². The summed E-state index contributed by atoms with van der Waals surface area (Å²) in [4.78, 5) is 29.3. The third-order valence-electron chi connectivity index (χ3n) is 4.28. The molecule has 0 radical (unpaired) electrons. The number of hydrogen-bond donors (Lipinski definition) is 0. The number of benzene rings is 2. The van der Waals surface area contributed by atoms with Crippen LogP contribution in [0.2, 0.25) is 0 Å². The van der Waals surface area contributed by atoms with Gasteiger partial charge in [-0.25, -0.2) is 9.78 Å². The summed E-state index contributed by atoms with van der Waals surface area (Å²) in [5.74, 6) is 0.257. The van der Waals surface area contributed by atoms with Gasteiger partial charge in [-0.2, -0.15) is 0 Å². The normalized spacial score (nSPS) is 10.9. The van der Waals surface area contributed by atoms with Crippen LogP contribution in [-0.2, 0) is 17.0 Å². The van der Waals surface area contributed by atoms with E-state index in [0.29, 0.717) is 33.9 Å². The molecule has 3 rings (SSSR count). The van der Waals surface area contributed by atoms with E-state index < -0.39 is 0 Å². The number of para-hydroxylation sites is 1. The lowest BCUT2D eigenvalue weighted by Crippen LogP contribution is -2.23. The van der Waals surface area contributed by atoms with E-state index in [1.807, 2.05) is 42.5 Å². The standard InChI is InChI=1S/C21H22N2O3S/c1-3-4-12-23-19(24)17-10-5-6-11-18(17)22-21(23)27-14-15-8-7-9-16(13-15)20(25)26-2/h5-11,13H,3-4,12,14H2,1-2H3. The number of rotatable bonds is 7. The van der Waals surface area contributed by atoms with Crippen molar-refractivity contribution < 1.29 is 9.53 Å². The Labute approximate surface area is 162 Å². The minimum Gasteiger partial charge on any atom is -0.465 e. The lowest BCUT2D eigenvalue weighted by atomic mass is 10.1. The van der Waals surface area contributed by atoms with Gasteiger partial charge in [-0.05, 0) is 36.2 Å². The van der Waals surface area contributed by atoms with Crippen LogP contribution in [0.25, 0.3) is 10.9 Å². The molecule has 0 N–H and O–H groups in total. The van der Waals surface area contributed by atoms with Gasteiger partial charge in [0.25, 0.3) is 5.56 Å². The molecular weight excluding hydrogens is 360 g/mol. The molecule has 0 atom stereocenters. The second-order valence-electron chi connectivity index (χ2n) is 6.20. The highest BCUT2D eigenvalue weighted by Gasteiger charge is 2.12. The Balaban J connectivity index is 1.92. The van der Waals surface area contributed by atoms with E-state index >= 15 is 0 Å². The highest BCUT2D eigenvalue weighted by Crippen LogP contribution is 2.23. The monoisotopic (exact) mass is 382 g/mol. The molecule has 0 saturated carbocycles. The Morgan fingerprint density at radius 2 is 2.00 bits per heavy atom. The summed E-state index contributed by atoms with van der Waals surface area (Å²) in [6, 6.07) is 14.8. The number of carbonyl (C=O) groups is 1. The molecule has 0 saturated heterocycles. The van der Waals surface area contributed by atoms with E-state index in [9.17, 15) is 9.59 Å². The van der Waals surface area contributed by atoms with Crippen LogP contribution < -0.4 is 5.56 Å². The fraction of sp³-hybridized carbons (Fsp3) is 0.286. The third kappa shape index (κ3) is 4.39. The number of carbonyl (C=O) groups excluding carboxylic acids is 1. The first-order valence-corrected chi connectivity index (χ1v) is 9.92. The van der Waals surface area contributed by atoms with Gasteiger partial charge >= 0.3 is 5.97 Å². The van der Waals surface area contributed by atoms with Crippen LogP contribution in [0, 0.1) is 0 Å². The lowest BCUT2D eigenvalue weighted by molar-refractivity contribution is 0.0600. The second kappa shape index (κ2) is 8.86. The summed E-state index contributed by atoms with van der Waals surface area (Å²) >= 11 is 1.51. The van der Waals surface area contributed by atoms with E-state index in [2.05, 4.69) is 6.92 Å². The van der Waals surface area contributed by atoms with Crippen LogP contribution in [0.4, 0.5) is 0 Å². The molecule has 27 heavy (non-hydrogen) atoms. The molecule has 140 valence electrons. The van der Waals surface area contributed by atoms with Crippen LogP contribution in [0.5, 0.6) is 0 Å². The average molecular weight is 382 g/mol. The summed E-state index contributed by atoms with van der Waals surface area (Å²) in [5.41, 5.74) is 2.21. The minimum atomic E-state index is -0.356. The van der Waals surface area contributed by atoms with Crippen molar-refractivity contribution in [3.8, 4) is 0 Å². The Bertz CT molecular complexity index is 1010. The second-order valence-corrected chi connectivity index (χ2v) is 7.15. The molecule has 0 fully saturated rings. The SMILES string of the molecule is CCCCn1c(SCc2cccc(C(=O)OC)c2)nc2ccccc2c1=O. The van der Waals surface area contributed by atoms with Crippen LogP contribution in [0.1, 0.15) is 35.7 Å². The minimum absolute atomic E-state index is 0.000128. The number of thioether (sulfide) groups is 1. The zero-order valence-electron chi connectivity index (χ0n) is 15.5. The Morgan fingerprint density at radius 3 is 2.78 bits per heavy atom. The topological polar surface area (TPSA) is 61.2 Å². The van der Waals surface area contributed by atoms with Gasteiger partial charge in [0.15, 0.2) is 5.16 Å². The van der Waals surface area contributed by atoms with Crippen molar-refractivity contribution >= 4 is 28.6 Å². The van der Waals surface area contributed by atoms with E-state index in [0.717, 1.165) is 18.4 Å². The molecule has 6 heteroatoms. The van der Waals surface area contributed by atoms with Gasteiger partial charge in [0, 0.05) is 12.3 Å². The zero-order chi connectivity index (χ0) is 19.2. The molecule has 0 spiro atoms. The Morgan fingerprint density at radius 1 is 1.19 bits per heavy atom. The smallest absolute Gasteiger partial charge is 0.337 e. The maximum absolute atomic E-state index is 12.9. The predicted octanol–water partition coefficient (Wildman–Crippen LogP) is 4.28. The Kier molecular flexibility index (Phi) is 6.29. The number of ether oxygens (including phenoxy) is 1. The van der Waals surface area contributed by atoms with Gasteiger partial charge in [-0.1, -0.05) is 49.4 Å². The van der Waals surface area contributed by atoms with Gasteiger partial charge < -0.3 is 4.74 Å². The van der Waals surface area contributed by atoms with Crippen molar-refractivity contribution in [2.75, 3.05) is 7.11 Å². The first kappa shape index (κ1) is 19.2. The van der Waals surface area contributed by atoms with Crippen LogP contribution in [-0.4, -0.2) is 22.6 Å². The van der Waals surface area contributed by atoms with Crippen molar-refractivity contribution in [1.82, 2.24) is 9.55 Å². The fourth-order valence-corrected chi connectivity index (χ4v) is 3.79. The van der Waals surface area contributed by atoms with E-state index in [1.165, 1.54) is 18.9 Å². The summed E-state index contributed by atoms with van der Waals surface area (Å²) < 4.78 is 6.54. The van der Waals surface area contributed by atoms with Gasteiger partial charge in [0.05, 0.1) is 23.6 Å². The summed E-state index contributed by atoms with van der Waals surface area (Å²) in [6.45, 7) is 2.75. The van der Waals surface area contributed by atoms with Crippen molar-refractivity contribution in [2.24, 2.45) is 0 Å². The van der Waals surface area contributed by atoms with Crippen molar-refractivity contribution in [2.45, 2.75) is 37.2 Å². The van der Waals surface area contributed by atoms with Gasteiger partial charge in [-0.15, -0.1) is 0 Å². The molecule has 0 aliphatic carbocycles. The van der Waals surface area contributed by atoms with Crippen LogP contribution >= 0.6 is 11.8 Å². The highest BCUT2D eigenvalue weighted by molar-refractivity contribution is 7.98. The average Bonchev–Trinajstić information content (AvgIpc) is 2.71. The summed E-state index contributed by atoms with van der Waals surface area (Å²) in [7, 11) is 1.37. The van der Waals surface area contributed by atoms with Crippen molar-refractivity contribution in [3.05, 3.63) is 70.0 Å². The first-order valence-electron chi connectivity index (χ1n) is 8.93. The number of aromatic nitrogens is 2. The number of fused-ring (bicyclic) bond motifs is 1. The van der Waals surface area contributed by atoms with E-state index in [-0.39, 0.29) is 11.5 Å². The largest absolute Gasteiger partial charge is 0.465 e. The fourth-order valence-electron chi connectivity index (χ4n) is 2.83. The number of nitrogens with zero attached hydrogens (tertiary/aromatic N) is 2. The van der Waals surface area contributed by atoms with Crippen molar-refractivity contribution in [3.63, 3.8) is 0 Å². The molecule has 1 heterocycles. The lowest BCUT2D eigenvalue weighted by Gasteiger charge is -2.13. The summed E-state index contributed by atoms with van der Waals surface area (Å²) in [5, 5.41) is 1.35. The molecule has 0 unspecified atom stereocenters. The molecule has 0 aliphatic rings. The molecule has 5 nitrogen and oxygen atoms in total. The zero-order valence-corrected chi connectivity index (χ0v) is 16.3. The van der Waals surface area contributed by atoms with Crippen LogP contribution in [0.3, 0.4) is 0 Å². The highest BCUT2D eigenvalue weighted by atomic mass is 32.2. The maximum Gasteiger partial charge on any atom is 0.337 e. The molecule has 0 aliphatic heterocycles. The van der Waals surface area contributed by atoms with Gasteiger partial charge in [0.2, 0.25) is 0 Å². The Hall–Kier alpha value is -2.60. The molecule has 2 aromatic carbocycles. The summed E-state index contributed by atoms with van der Waals surface area (Å²) in [6.07, 6.45) is 1.93. The third-order valence-corrected chi connectivity index (χ3v) is 5.33. The van der Waals surface area contributed by atoms with Crippen molar-refractivity contribution in [1.29, 1.82) is 0 Å². The predicted molar refractivity (Wildman–Crippen MR) is 108 cm³/mol. The van der Waals surface area contributed by atoms with Gasteiger partial charge in [-0.3, -0.25) is 9.36 Å². The molecule has 0 amide bonds. The number of methoxy groups -OCH3 is 1. The van der Waals surface area contributed by atoms with Gasteiger partial charge in [0.1, 0.15) is 0 Å². The van der Waals surface area contributed by atoms with Crippen LogP contribution in [0.15, 0.2) is 58.5 Å². The quantitative estimate of drug-likeness (QED) is 0.347. The van der Waals surface area contributed by atoms with E-state index in [4.69, 9.17) is 9.72 Å². The number of hydrogen-bond acceptors (Lipinski definition) is 5. The maximum atomic E-state index is 12.9.